The zero-order chi connectivity index (χ0) is 21.2. The molecule has 0 aliphatic carbocycles. The molecule has 0 spiro atoms. The second-order valence-electron chi connectivity index (χ2n) is 9.17. The van der Waals surface area contributed by atoms with Gasteiger partial charge in [-0.25, -0.2) is 0 Å². The Kier molecular flexibility index (Phi) is 10.5. The summed E-state index contributed by atoms with van der Waals surface area (Å²) in [6.45, 7) is 10.2. The molecule has 5 nitrogen and oxygen atoms in total. The first-order chi connectivity index (χ1) is 14.0. The number of hydrogen-bond acceptors (Lipinski definition) is 3. The Hall–Kier alpha value is -1.10. The number of fused-ring (bicyclic) bond motifs is 2. The summed E-state index contributed by atoms with van der Waals surface area (Å²) in [5.74, 6) is 0.432. The number of carbonyl (C=O) groups is 2. The molecule has 5 heteroatoms. The van der Waals surface area contributed by atoms with Crippen LogP contribution in [0.1, 0.15) is 91.9 Å². The van der Waals surface area contributed by atoms with Gasteiger partial charge < -0.3 is 15.4 Å². The van der Waals surface area contributed by atoms with Crippen LogP contribution in [0.2, 0.25) is 0 Å². The first kappa shape index (κ1) is 24.2. The maximum atomic E-state index is 13.0. The summed E-state index contributed by atoms with van der Waals surface area (Å²) < 4.78 is 6.01. The first-order valence-electron chi connectivity index (χ1n) is 12.3. The monoisotopic (exact) mass is 408 g/mol. The van der Waals surface area contributed by atoms with Crippen LogP contribution in [0, 0.1) is 23.7 Å². The van der Waals surface area contributed by atoms with Crippen LogP contribution in [-0.2, 0) is 14.3 Å². The summed E-state index contributed by atoms with van der Waals surface area (Å²) >= 11 is 0. The van der Waals surface area contributed by atoms with Crippen LogP contribution < -0.4 is 10.6 Å². The van der Waals surface area contributed by atoms with Crippen LogP contribution in [0.4, 0.5) is 0 Å². The van der Waals surface area contributed by atoms with E-state index in [9.17, 15) is 9.59 Å². The van der Waals surface area contributed by atoms with Crippen molar-refractivity contribution in [2.75, 3.05) is 13.1 Å². The highest BCUT2D eigenvalue weighted by Gasteiger charge is 2.55. The third-order valence-corrected chi connectivity index (χ3v) is 7.10. The average Bonchev–Trinajstić information content (AvgIpc) is 3.35. The van der Waals surface area contributed by atoms with Crippen molar-refractivity contribution in [2.45, 2.75) is 104 Å². The summed E-state index contributed by atoms with van der Waals surface area (Å²) in [7, 11) is 0. The van der Waals surface area contributed by atoms with Crippen LogP contribution in [0.5, 0.6) is 0 Å². The van der Waals surface area contributed by atoms with Gasteiger partial charge in [-0.3, -0.25) is 9.59 Å². The zero-order valence-electron chi connectivity index (χ0n) is 19.2. The van der Waals surface area contributed by atoms with Crippen LogP contribution in [0.3, 0.4) is 0 Å². The van der Waals surface area contributed by atoms with Gasteiger partial charge in [-0.05, 0) is 37.5 Å². The Labute approximate surface area is 178 Å². The van der Waals surface area contributed by atoms with Gasteiger partial charge in [0.25, 0.3) is 0 Å². The number of ether oxygens (including phenoxy) is 1. The smallest absolute Gasteiger partial charge is 0.226 e. The normalized spacial score (nSPS) is 27.6. The largest absolute Gasteiger partial charge is 0.373 e. The third kappa shape index (κ3) is 6.70. The lowest BCUT2D eigenvalue weighted by Crippen LogP contribution is -2.48. The van der Waals surface area contributed by atoms with E-state index < -0.39 is 0 Å². The summed E-state index contributed by atoms with van der Waals surface area (Å²) in [6.07, 6.45) is 10.8. The van der Waals surface area contributed by atoms with E-state index in [1.54, 1.807) is 0 Å². The second kappa shape index (κ2) is 12.6. The Balaban J connectivity index is 1.90. The molecule has 0 aromatic carbocycles. The van der Waals surface area contributed by atoms with Gasteiger partial charge in [-0.15, -0.1) is 0 Å². The van der Waals surface area contributed by atoms with E-state index in [1.807, 2.05) is 0 Å². The van der Waals surface area contributed by atoms with E-state index in [0.717, 1.165) is 38.5 Å². The van der Waals surface area contributed by atoms with Crippen molar-refractivity contribution in [3.05, 3.63) is 0 Å². The number of unbranched alkanes of at least 4 members (excludes halogenated alkanes) is 2. The molecule has 0 aromatic heterocycles. The van der Waals surface area contributed by atoms with E-state index in [2.05, 4.69) is 38.3 Å². The van der Waals surface area contributed by atoms with Gasteiger partial charge in [0.15, 0.2) is 0 Å². The van der Waals surface area contributed by atoms with Gasteiger partial charge in [0.1, 0.15) is 0 Å². The minimum absolute atomic E-state index is 0.0188. The number of nitrogens with one attached hydrogen (secondary N) is 2. The highest BCUT2D eigenvalue weighted by atomic mass is 16.5. The average molecular weight is 409 g/mol. The lowest BCUT2D eigenvalue weighted by molar-refractivity contribution is -0.135. The molecule has 2 fully saturated rings. The number of carbonyl (C=O) groups excluding carboxylic acids is 2. The number of rotatable bonds is 14. The zero-order valence-corrected chi connectivity index (χ0v) is 19.2. The molecule has 2 saturated heterocycles. The molecule has 2 aliphatic rings. The topological polar surface area (TPSA) is 67.4 Å². The predicted molar refractivity (Wildman–Crippen MR) is 118 cm³/mol. The van der Waals surface area contributed by atoms with Gasteiger partial charge in [0.2, 0.25) is 11.8 Å². The van der Waals surface area contributed by atoms with Crippen LogP contribution in [0.15, 0.2) is 0 Å². The molecule has 29 heavy (non-hydrogen) atoms. The van der Waals surface area contributed by atoms with Gasteiger partial charge in [0, 0.05) is 13.1 Å². The quantitative estimate of drug-likeness (QED) is 0.446. The highest BCUT2D eigenvalue weighted by molar-refractivity contribution is 5.89. The summed E-state index contributed by atoms with van der Waals surface area (Å²) in [4.78, 5) is 26.0. The molecular formula is C24H44N2O3. The molecule has 0 radical (unpaired) electrons. The van der Waals surface area contributed by atoms with Crippen molar-refractivity contribution in [2.24, 2.45) is 23.7 Å². The molecule has 0 aromatic rings. The van der Waals surface area contributed by atoms with Gasteiger partial charge in [-0.2, -0.15) is 0 Å². The fourth-order valence-electron chi connectivity index (χ4n) is 4.96. The summed E-state index contributed by atoms with van der Waals surface area (Å²) in [5.41, 5.74) is 0. The molecule has 2 rings (SSSR count). The maximum absolute atomic E-state index is 13.0. The molecule has 2 aliphatic heterocycles. The van der Waals surface area contributed by atoms with E-state index in [1.165, 1.54) is 25.7 Å². The standard InChI is InChI=1S/C24H44N2O3/c1-5-9-11-17(7-3)15-25-23(27)21-19-13-14-20(29-19)22(21)24(28)26-16-18(8-4)12-10-6-2/h17-22H,5-16H2,1-4H3,(H,25,27)(H,26,28)/t17?,18?,19-,20+,21-,22+. The van der Waals surface area contributed by atoms with Crippen molar-refractivity contribution < 1.29 is 14.3 Å². The number of amides is 2. The lowest BCUT2D eigenvalue weighted by Gasteiger charge is -2.28. The molecular weight excluding hydrogens is 364 g/mol. The molecule has 2 amide bonds. The maximum Gasteiger partial charge on any atom is 0.226 e. The summed E-state index contributed by atoms with van der Waals surface area (Å²) in [6, 6.07) is 0. The molecule has 6 atom stereocenters. The molecule has 2 heterocycles. The fraction of sp³-hybridized carbons (Fsp3) is 0.917. The van der Waals surface area contributed by atoms with E-state index in [4.69, 9.17) is 4.74 Å². The Bertz CT molecular complexity index is 466. The van der Waals surface area contributed by atoms with Crippen molar-refractivity contribution >= 4 is 11.8 Å². The second-order valence-corrected chi connectivity index (χ2v) is 9.17. The van der Waals surface area contributed by atoms with Gasteiger partial charge >= 0.3 is 0 Å². The predicted octanol–water partition coefficient (Wildman–Crippen LogP) is 4.45. The molecule has 2 N–H and O–H groups in total. The highest BCUT2D eigenvalue weighted by Crippen LogP contribution is 2.43. The van der Waals surface area contributed by atoms with E-state index in [0.29, 0.717) is 24.9 Å². The fourth-order valence-corrected chi connectivity index (χ4v) is 4.96. The molecule has 168 valence electrons. The molecule has 0 saturated carbocycles. The minimum atomic E-state index is -0.326. The van der Waals surface area contributed by atoms with Crippen molar-refractivity contribution in [3.63, 3.8) is 0 Å². The van der Waals surface area contributed by atoms with Gasteiger partial charge in [-0.1, -0.05) is 66.2 Å². The van der Waals surface area contributed by atoms with Crippen molar-refractivity contribution in [1.29, 1.82) is 0 Å². The third-order valence-electron chi connectivity index (χ3n) is 7.10. The van der Waals surface area contributed by atoms with Crippen LogP contribution in [-0.4, -0.2) is 37.1 Å². The minimum Gasteiger partial charge on any atom is -0.373 e. The molecule has 2 bridgehead atoms. The number of hydrogen-bond donors (Lipinski definition) is 2. The molecule has 2 unspecified atom stereocenters. The first-order valence-corrected chi connectivity index (χ1v) is 12.3. The van der Waals surface area contributed by atoms with Crippen molar-refractivity contribution in [1.82, 2.24) is 10.6 Å². The van der Waals surface area contributed by atoms with Crippen LogP contribution in [0.25, 0.3) is 0 Å². The van der Waals surface area contributed by atoms with Crippen LogP contribution >= 0.6 is 0 Å². The Morgan fingerprint density at radius 1 is 0.793 bits per heavy atom. The SMILES string of the molecule is CCCCC(CC)CNC(=O)[C@@H]1[C@H](C(=O)NCC(CC)CCCC)[C@H]2CC[C@@H]1O2. The van der Waals surface area contributed by atoms with Gasteiger partial charge in [0.05, 0.1) is 24.0 Å². The van der Waals surface area contributed by atoms with Crippen molar-refractivity contribution in [3.8, 4) is 0 Å². The Morgan fingerprint density at radius 2 is 1.21 bits per heavy atom. The lowest BCUT2D eigenvalue weighted by atomic mass is 9.78. The Morgan fingerprint density at radius 3 is 1.55 bits per heavy atom. The van der Waals surface area contributed by atoms with E-state index in [-0.39, 0.29) is 35.9 Å². The van der Waals surface area contributed by atoms with E-state index >= 15 is 0 Å². The summed E-state index contributed by atoms with van der Waals surface area (Å²) in [5, 5.41) is 6.32.